The number of unbranched alkanes of at least 4 members (excludes halogenated alkanes) is 1. The van der Waals surface area contributed by atoms with Crippen LogP contribution in [0.25, 0.3) is 0 Å². The molecule has 0 N–H and O–H groups in total. The fraction of sp³-hybridized carbons (Fsp3) is 0.417. The molecule has 1 radical (unpaired) electrons. The predicted octanol–water partition coefficient (Wildman–Crippen LogP) is 4.73. The van der Waals surface area contributed by atoms with Gasteiger partial charge in [-0.3, -0.25) is 4.79 Å². The summed E-state index contributed by atoms with van der Waals surface area (Å²) in [6, 6.07) is 13.4. The Morgan fingerprint density at radius 1 is 0.871 bits per heavy atom. The Kier molecular flexibility index (Phi) is 9.15. The van der Waals surface area contributed by atoms with Gasteiger partial charge in [-0.05, 0) is 36.8 Å². The summed E-state index contributed by atoms with van der Waals surface area (Å²) in [4.78, 5) is 17.5. The van der Waals surface area contributed by atoms with Crippen LogP contribution in [0.5, 0.6) is 0 Å². The van der Waals surface area contributed by atoms with Crippen LogP contribution in [-0.2, 0) is 14.2 Å². The summed E-state index contributed by atoms with van der Waals surface area (Å²) in [7, 11) is 1.64. The second kappa shape index (κ2) is 12.1. The van der Waals surface area contributed by atoms with Gasteiger partial charge in [0.2, 0.25) is 0 Å². The number of rotatable bonds is 12. The smallest absolute Gasteiger partial charge is 0.260 e. The number of amides is 1. The maximum absolute atomic E-state index is 13.5. The zero-order valence-electron chi connectivity index (χ0n) is 18.0. The van der Waals surface area contributed by atoms with Crippen LogP contribution in [-0.4, -0.2) is 59.1 Å². The lowest BCUT2D eigenvalue weighted by Gasteiger charge is -2.27. The number of benzene rings is 2. The van der Waals surface area contributed by atoms with Gasteiger partial charge in [0.1, 0.15) is 0 Å². The quantitative estimate of drug-likeness (QED) is 0.442. The number of halogens is 1. The molecule has 1 aliphatic heterocycles. The summed E-state index contributed by atoms with van der Waals surface area (Å²) in [5.74, 6) is -0.0591. The highest BCUT2D eigenvalue weighted by Crippen LogP contribution is 2.41. The van der Waals surface area contributed by atoms with Gasteiger partial charge in [0.15, 0.2) is 0 Å². The van der Waals surface area contributed by atoms with Gasteiger partial charge in [-0.15, -0.1) is 0 Å². The molecule has 0 saturated carbocycles. The third-order valence-corrected chi connectivity index (χ3v) is 5.32. The highest BCUT2D eigenvalue weighted by atomic mass is 35.5. The van der Waals surface area contributed by atoms with E-state index in [0.29, 0.717) is 50.2 Å². The molecule has 0 unspecified atom stereocenters. The van der Waals surface area contributed by atoms with Gasteiger partial charge in [-0.1, -0.05) is 37.1 Å². The fourth-order valence-corrected chi connectivity index (χ4v) is 3.73. The van der Waals surface area contributed by atoms with Crippen LogP contribution in [0.3, 0.4) is 0 Å². The third-order valence-electron chi connectivity index (χ3n) is 5.08. The lowest BCUT2D eigenvalue weighted by Crippen LogP contribution is -2.33. The molecule has 1 aliphatic rings. The van der Waals surface area contributed by atoms with E-state index in [-0.39, 0.29) is 5.91 Å². The topological polar surface area (TPSA) is 51.2 Å². The van der Waals surface area contributed by atoms with E-state index < -0.39 is 0 Å². The standard InChI is InChI=1S/C24H30ClN2O4/c1-3-4-11-26-21-7-5-6-8-22(21)27(12-13-30-16-17-31-15-14-29-2)24(28)20-10-9-19(25)18-23(20)26/h5-10,18H,1,3-4,11-17H2,2H3. The molecule has 0 saturated heterocycles. The summed E-state index contributed by atoms with van der Waals surface area (Å²) in [5, 5.41) is 0.605. The van der Waals surface area contributed by atoms with E-state index in [1.165, 1.54) is 0 Å². The number of hydrogen-bond acceptors (Lipinski definition) is 5. The minimum absolute atomic E-state index is 0.0591. The van der Waals surface area contributed by atoms with Crippen LogP contribution in [0, 0.1) is 6.92 Å². The number of para-hydroxylation sites is 2. The molecular weight excluding hydrogens is 416 g/mol. The van der Waals surface area contributed by atoms with Crippen molar-refractivity contribution in [2.75, 3.05) is 63.0 Å². The van der Waals surface area contributed by atoms with E-state index in [1.54, 1.807) is 24.1 Å². The van der Waals surface area contributed by atoms with Crippen molar-refractivity contribution in [1.82, 2.24) is 0 Å². The summed E-state index contributed by atoms with van der Waals surface area (Å²) in [6.07, 6.45) is 1.72. The molecule has 0 spiro atoms. The Hall–Kier alpha value is -2.12. The molecule has 2 aromatic carbocycles. The number of fused-ring (bicyclic) bond motifs is 2. The van der Waals surface area contributed by atoms with E-state index in [2.05, 4.69) is 11.8 Å². The molecule has 0 aliphatic carbocycles. The number of ether oxygens (including phenoxy) is 3. The van der Waals surface area contributed by atoms with Crippen LogP contribution in [0.4, 0.5) is 17.1 Å². The van der Waals surface area contributed by atoms with Crippen molar-refractivity contribution in [3.8, 4) is 0 Å². The fourth-order valence-electron chi connectivity index (χ4n) is 3.57. The first kappa shape index (κ1) is 23.5. The zero-order chi connectivity index (χ0) is 22.1. The van der Waals surface area contributed by atoms with Crippen LogP contribution in [0.1, 0.15) is 23.2 Å². The SMILES string of the molecule is [CH2]CCCN1c2cc(Cl)ccc2C(=O)N(CCOCCOCCOC)c2ccccc21. The molecule has 1 heterocycles. The third kappa shape index (κ3) is 5.98. The Bertz CT molecular complexity index is 861. The number of carbonyl (C=O) groups is 1. The predicted molar refractivity (Wildman–Crippen MR) is 125 cm³/mol. The van der Waals surface area contributed by atoms with Gasteiger partial charge in [0.05, 0.1) is 55.7 Å². The minimum atomic E-state index is -0.0591. The number of methoxy groups -OCH3 is 1. The first-order valence-corrected chi connectivity index (χ1v) is 11.0. The molecule has 3 rings (SSSR count). The summed E-state index contributed by atoms with van der Waals surface area (Å²) < 4.78 is 16.1. The van der Waals surface area contributed by atoms with Gasteiger partial charge < -0.3 is 24.0 Å². The van der Waals surface area contributed by atoms with E-state index in [4.69, 9.17) is 25.8 Å². The lowest BCUT2D eigenvalue weighted by molar-refractivity contribution is 0.0264. The van der Waals surface area contributed by atoms with Crippen LogP contribution >= 0.6 is 11.6 Å². The van der Waals surface area contributed by atoms with Crippen molar-refractivity contribution in [2.45, 2.75) is 12.8 Å². The van der Waals surface area contributed by atoms with Crippen LogP contribution < -0.4 is 9.80 Å². The van der Waals surface area contributed by atoms with Crippen molar-refractivity contribution in [3.63, 3.8) is 0 Å². The second-order valence-corrected chi connectivity index (χ2v) is 7.62. The summed E-state index contributed by atoms with van der Waals surface area (Å²) in [5.41, 5.74) is 3.30. The van der Waals surface area contributed by atoms with Gasteiger partial charge in [-0.2, -0.15) is 0 Å². The number of nitrogens with zero attached hydrogens (tertiary/aromatic N) is 2. The van der Waals surface area contributed by atoms with Crippen molar-refractivity contribution in [3.05, 3.63) is 60.0 Å². The molecule has 0 bridgehead atoms. The Morgan fingerprint density at radius 2 is 1.55 bits per heavy atom. The number of carbonyl (C=O) groups excluding carboxylic acids is 1. The Morgan fingerprint density at radius 3 is 2.26 bits per heavy atom. The molecule has 0 aromatic heterocycles. The number of hydrogen-bond donors (Lipinski definition) is 0. The maximum atomic E-state index is 13.5. The van der Waals surface area contributed by atoms with Gasteiger partial charge in [0, 0.05) is 25.2 Å². The number of anilines is 3. The molecule has 7 heteroatoms. The van der Waals surface area contributed by atoms with Gasteiger partial charge >= 0.3 is 0 Å². The lowest BCUT2D eigenvalue weighted by atomic mass is 10.1. The molecule has 0 fully saturated rings. The average Bonchev–Trinajstić information content (AvgIpc) is 2.87. The molecule has 0 atom stereocenters. The molecule has 2 aromatic rings. The second-order valence-electron chi connectivity index (χ2n) is 7.18. The van der Waals surface area contributed by atoms with Crippen LogP contribution in [0.2, 0.25) is 5.02 Å². The Balaban J connectivity index is 1.80. The highest BCUT2D eigenvalue weighted by Gasteiger charge is 2.30. The van der Waals surface area contributed by atoms with Gasteiger partial charge in [0.25, 0.3) is 5.91 Å². The van der Waals surface area contributed by atoms with Gasteiger partial charge in [-0.25, -0.2) is 0 Å². The first-order chi connectivity index (χ1) is 15.2. The monoisotopic (exact) mass is 445 g/mol. The highest BCUT2D eigenvalue weighted by molar-refractivity contribution is 6.31. The minimum Gasteiger partial charge on any atom is -0.382 e. The molecule has 31 heavy (non-hydrogen) atoms. The summed E-state index contributed by atoms with van der Waals surface area (Å²) in [6.45, 7) is 7.65. The van der Waals surface area contributed by atoms with E-state index in [0.717, 1.165) is 36.4 Å². The van der Waals surface area contributed by atoms with E-state index in [9.17, 15) is 4.79 Å². The van der Waals surface area contributed by atoms with Crippen molar-refractivity contribution in [2.24, 2.45) is 0 Å². The normalized spacial score (nSPS) is 13.2. The van der Waals surface area contributed by atoms with E-state index in [1.807, 2.05) is 30.3 Å². The summed E-state index contributed by atoms with van der Waals surface area (Å²) >= 11 is 6.30. The molecular formula is C24H30ClN2O4. The van der Waals surface area contributed by atoms with Crippen molar-refractivity contribution in [1.29, 1.82) is 0 Å². The van der Waals surface area contributed by atoms with Crippen molar-refractivity contribution >= 4 is 34.6 Å². The average molecular weight is 446 g/mol. The van der Waals surface area contributed by atoms with Crippen molar-refractivity contribution < 1.29 is 19.0 Å². The zero-order valence-corrected chi connectivity index (χ0v) is 18.8. The van der Waals surface area contributed by atoms with Crippen LogP contribution in [0.15, 0.2) is 42.5 Å². The molecule has 1 amide bonds. The largest absolute Gasteiger partial charge is 0.382 e. The Labute approximate surface area is 189 Å². The molecule has 6 nitrogen and oxygen atoms in total. The molecule has 167 valence electrons. The maximum Gasteiger partial charge on any atom is 0.260 e. The van der Waals surface area contributed by atoms with E-state index >= 15 is 0 Å². The first-order valence-electron chi connectivity index (χ1n) is 10.6.